The van der Waals surface area contributed by atoms with Crippen molar-refractivity contribution in [3.63, 3.8) is 0 Å². The Labute approximate surface area is 491 Å². The molecule has 0 bridgehead atoms. The third kappa shape index (κ3) is 24.6. The zero-order valence-electron chi connectivity index (χ0n) is 48.1. The lowest BCUT2D eigenvalue weighted by Crippen LogP contribution is -2.64. The number of aliphatic hydroxyl groups excluding tert-OH is 9. The van der Waals surface area contributed by atoms with E-state index in [1.807, 2.05) is 0 Å². The van der Waals surface area contributed by atoms with Gasteiger partial charge in [0.2, 0.25) is 35.4 Å². The van der Waals surface area contributed by atoms with Crippen LogP contribution in [0.5, 0.6) is 5.75 Å². The minimum absolute atomic E-state index is 0.00888. The summed E-state index contributed by atoms with van der Waals surface area (Å²) in [5.74, 6) is -2.76. The van der Waals surface area contributed by atoms with E-state index in [-0.39, 0.29) is 98.7 Å². The molecule has 33 nitrogen and oxygen atoms in total. The molecule has 16 unspecified atom stereocenters. The molecule has 6 amide bonds. The number of rotatable bonds is 39. The Balaban J connectivity index is 1.33. The normalized spacial score (nSPS) is 28.0. The van der Waals surface area contributed by atoms with Gasteiger partial charge in [-0.2, -0.15) is 0 Å². The maximum atomic E-state index is 14.2. The van der Waals surface area contributed by atoms with Crippen LogP contribution in [0.15, 0.2) is 24.3 Å². The van der Waals surface area contributed by atoms with Crippen LogP contribution in [0.1, 0.15) is 26.3 Å². The monoisotopic (exact) mass is 1230 g/mol. The lowest BCUT2D eigenvalue weighted by atomic mass is 9.97. The molecule has 3 saturated heterocycles. The largest absolute Gasteiger partial charge is 0.497 e. The molecule has 3 aliphatic rings. The fourth-order valence-electron chi connectivity index (χ4n) is 9.05. The molecule has 0 aliphatic carbocycles. The van der Waals surface area contributed by atoms with Gasteiger partial charge in [-0.25, -0.2) is 0 Å². The quantitative estimate of drug-likeness (QED) is 0.0272. The van der Waals surface area contributed by atoms with E-state index in [9.17, 15) is 74.7 Å². The van der Waals surface area contributed by atoms with Crippen molar-refractivity contribution in [1.29, 1.82) is 0 Å². The third-order valence-electron chi connectivity index (χ3n) is 13.4. The van der Waals surface area contributed by atoms with Crippen LogP contribution >= 0.6 is 0 Å². The molecule has 1 aromatic carbocycles. The van der Waals surface area contributed by atoms with E-state index in [0.29, 0.717) is 11.3 Å². The molecule has 0 saturated carbocycles. The highest BCUT2D eigenvalue weighted by Gasteiger charge is 2.48. The summed E-state index contributed by atoms with van der Waals surface area (Å²) in [4.78, 5) is 78.1. The Bertz CT molecular complexity index is 2140. The molecule has 3 heterocycles. The molecular formula is C52H87N7O26. The average molecular weight is 1230 g/mol. The van der Waals surface area contributed by atoms with Gasteiger partial charge < -0.3 is 130 Å². The number of hydrogen-bond acceptors (Lipinski definition) is 27. The van der Waals surface area contributed by atoms with E-state index >= 15 is 0 Å². The van der Waals surface area contributed by atoms with Crippen LogP contribution in [-0.2, 0) is 82.6 Å². The van der Waals surface area contributed by atoms with E-state index in [4.69, 9.17) is 52.1 Å². The first-order valence-corrected chi connectivity index (χ1v) is 27.8. The highest BCUT2D eigenvalue weighted by atomic mass is 16.7. The van der Waals surface area contributed by atoms with Gasteiger partial charge in [-0.15, -0.1) is 0 Å². The first kappa shape index (κ1) is 72.5. The van der Waals surface area contributed by atoms with Crippen LogP contribution in [0.3, 0.4) is 0 Å². The molecule has 15 N–H and O–H groups in total. The maximum absolute atomic E-state index is 14.2. The molecule has 3 aliphatic heterocycles. The Morgan fingerprint density at radius 2 is 0.812 bits per heavy atom. The number of benzene rings is 1. The van der Waals surface area contributed by atoms with Gasteiger partial charge in [0.25, 0.3) is 0 Å². The summed E-state index contributed by atoms with van der Waals surface area (Å²) in [5, 5.41) is 107. The second-order valence-electron chi connectivity index (χ2n) is 19.8. The predicted molar refractivity (Wildman–Crippen MR) is 288 cm³/mol. The smallest absolute Gasteiger partial charge is 0.237 e. The van der Waals surface area contributed by atoms with E-state index in [1.54, 1.807) is 24.3 Å². The van der Waals surface area contributed by atoms with Gasteiger partial charge in [0, 0.05) is 40.4 Å². The Morgan fingerprint density at radius 3 is 1.14 bits per heavy atom. The Morgan fingerprint density at radius 1 is 0.482 bits per heavy atom. The van der Waals surface area contributed by atoms with E-state index in [1.165, 1.54) is 32.8 Å². The summed E-state index contributed by atoms with van der Waals surface area (Å²) in [6.45, 7) is 0.509. The van der Waals surface area contributed by atoms with Crippen LogP contribution in [0.4, 0.5) is 0 Å². The summed E-state index contributed by atoms with van der Waals surface area (Å²) < 4.78 is 61.3. The minimum atomic E-state index is -1.51. The molecule has 85 heavy (non-hydrogen) atoms. The van der Waals surface area contributed by atoms with Crippen LogP contribution in [0.25, 0.3) is 0 Å². The molecule has 486 valence electrons. The molecule has 16 atom stereocenters. The van der Waals surface area contributed by atoms with Gasteiger partial charge in [-0.1, -0.05) is 12.1 Å². The zero-order chi connectivity index (χ0) is 62.4. The molecule has 4 rings (SSSR count). The van der Waals surface area contributed by atoms with Crippen molar-refractivity contribution in [3.8, 4) is 5.75 Å². The number of nitrogens with one attached hydrogen (secondary N) is 6. The molecule has 1 aromatic rings. The van der Waals surface area contributed by atoms with Crippen LogP contribution in [0, 0.1) is 0 Å². The number of aliphatic hydroxyl groups is 9. The average Bonchev–Trinajstić information content (AvgIpc) is 2.75. The van der Waals surface area contributed by atoms with Gasteiger partial charge in [-0.05, 0) is 24.1 Å². The highest BCUT2D eigenvalue weighted by molar-refractivity contribution is 5.86. The van der Waals surface area contributed by atoms with E-state index < -0.39 is 166 Å². The summed E-state index contributed by atoms with van der Waals surface area (Å²) in [5.41, 5.74) is 0.645. The lowest BCUT2D eigenvalue weighted by Gasteiger charge is -2.42. The third-order valence-corrected chi connectivity index (χ3v) is 13.4. The van der Waals surface area contributed by atoms with E-state index in [0.717, 1.165) is 0 Å². The topological polar surface area (TPSA) is 461 Å². The van der Waals surface area contributed by atoms with Crippen LogP contribution in [0.2, 0.25) is 0 Å². The maximum Gasteiger partial charge on any atom is 0.237 e. The van der Waals surface area contributed by atoms with Crippen molar-refractivity contribution in [2.75, 3.05) is 132 Å². The van der Waals surface area contributed by atoms with Gasteiger partial charge >= 0.3 is 0 Å². The predicted octanol–water partition coefficient (Wildman–Crippen LogP) is -8.80. The molecule has 0 spiro atoms. The number of carbonyl (C=O) groups is 6. The molecule has 0 aromatic heterocycles. The summed E-state index contributed by atoms with van der Waals surface area (Å²) in [7, 11) is 1.49. The Kier molecular flexibility index (Phi) is 33.3. The number of amides is 6. The van der Waals surface area contributed by atoms with Gasteiger partial charge in [0.1, 0.15) is 78.8 Å². The fourth-order valence-corrected chi connectivity index (χ4v) is 9.05. The second kappa shape index (κ2) is 39.0. The zero-order valence-corrected chi connectivity index (χ0v) is 48.1. The van der Waals surface area contributed by atoms with Crippen LogP contribution in [-0.4, -0.2) is 317 Å². The van der Waals surface area contributed by atoms with Crippen LogP contribution < -0.4 is 36.6 Å². The van der Waals surface area contributed by atoms with Crippen molar-refractivity contribution >= 4 is 35.4 Å². The molecular weight excluding hydrogens is 1140 g/mol. The summed E-state index contributed by atoms with van der Waals surface area (Å²) >= 11 is 0. The summed E-state index contributed by atoms with van der Waals surface area (Å²) in [6, 6.07) is 2.23. The van der Waals surface area contributed by atoms with E-state index in [2.05, 4.69) is 31.9 Å². The standard InChI is InChI=1S/C52H87N7O26/c1-29(63)56-40-46(71)43(68)35(26-60)83-50(40)80-20-17-77-13-10-54-39(67)25-59(24-38(66)53-9-12-76-15-16-79-19-22-82-52-42(58-31(3)65)48(73)45(70)37(28-62)85-52)34(23-32-5-7-33(75-4)8-6-32)49(74)55-11-14-78-18-21-81-51-41(57-30(2)64)47(72)44(69)36(27-61)84-51/h5-8,34-37,40-48,50-52,60-62,68-73H,9-28H2,1-4H3,(H,53,66)(H,54,67)(H,55,74)(H,56,63)(H,57,64)(H,58,65). The van der Waals surface area contributed by atoms with Gasteiger partial charge in [0.15, 0.2) is 18.9 Å². The van der Waals surface area contributed by atoms with Crippen molar-refractivity contribution in [3.05, 3.63) is 29.8 Å². The first-order valence-electron chi connectivity index (χ1n) is 27.8. The number of carbonyl (C=O) groups excluding carboxylic acids is 6. The molecule has 0 radical (unpaired) electrons. The number of ether oxygens (including phenoxy) is 11. The molecule has 3 fully saturated rings. The summed E-state index contributed by atoms with van der Waals surface area (Å²) in [6.07, 6.45) is -16.2. The number of methoxy groups -OCH3 is 1. The van der Waals surface area contributed by atoms with Crippen molar-refractivity contribution < 1.29 is 127 Å². The van der Waals surface area contributed by atoms with Gasteiger partial charge in [-0.3, -0.25) is 33.7 Å². The Hall–Kier alpha value is -4.96. The SMILES string of the molecule is COc1ccc(CC(C(=O)NCCOCCOC2OC(CO)C(O)C(O)C2NC(C)=O)N(CC(=O)NCCOCCOCCOC2OC(CO)C(O)C(O)C2NC(C)=O)CC(=O)NCCOCCOC2OC(CO)C(O)C(O)C2NC(C)=O)cc1. The number of nitrogens with zero attached hydrogens (tertiary/aromatic N) is 1. The second-order valence-corrected chi connectivity index (χ2v) is 19.8. The van der Waals surface area contributed by atoms with Crippen molar-refractivity contribution in [1.82, 2.24) is 36.8 Å². The van der Waals surface area contributed by atoms with Gasteiger partial charge in [0.05, 0.1) is 119 Å². The minimum Gasteiger partial charge on any atom is -0.497 e. The molecule has 33 heteroatoms. The highest BCUT2D eigenvalue weighted by Crippen LogP contribution is 2.25. The first-order chi connectivity index (χ1) is 40.7. The fraction of sp³-hybridized carbons (Fsp3) is 0.769. The van der Waals surface area contributed by atoms with Crippen molar-refractivity contribution in [2.45, 2.75) is 125 Å². The lowest BCUT2D eigenvalue weighted by molar-refractivity contribution is -0.272. The number of hydrogen-bond donors (Lipinski definition) is 15. The van der Waals surface area contributed by atoms with Crippen molar-refractivity contribution in [2.24, 2.45) is 0 Å².